The Morgan fingerprint density at radius 1 is 1.29 bits per heavy atom. The highest BCUT2D eigenvalue weighted by molar-refractivity contribution is 5.97. The van der Waals surface area contributed by atoms with Crippen molar-refractivity contribution in [3.63, 3.8) is 0 Å². The van der Waals surface area contributed by atoms with E-state index in [4.69, 9.17) is 0 Å². The molecule has 116 valence electrons. The predicted molar refractivity (Wildman–Crippen MR) is 91.3 cm³/mol. The molecule has 0 amide bonds. The second-order valence-corrected chi connectivity index (χ2v) is 5.38. The van der Waals surface area contributed by atoms with Gasteiger partial charge in [0.2, 0.25) is 0 Å². The van der Waals surface area contributed by atoms with Crippen LogP contribution in [0.15, 0.2) is 29.3 Å². The van der Waals surface area contributed by atoms with Crippen molar-refractivity contribution in [3.05, 3.63) is 29.8 Å². The fraction of sp³-hybridized carbons (Fsp3) is 0.588. The van der Waals surface area contributed by atoms with Crippen LogP contribution in [0.5, 0.6) is 0 Å². The summed E-state index contributed by atoms with van der Waals surface area (Å²) in [6.07, 6.45) is 2.26. The van der Waals surface area contributed by atoms with E-state index in [2.05, 4.69) is 58.2 Å². The van der Waals surface area contributed by atoms with Crippen LogP contribution in [0, 0.1) is 0 Å². The van der Waals surface area contributed by atoms with Crippen molar-refractivity contribution in [2.45, 2.75) is 26.7 Å². The van der Waals surface area contributed by atoms with Crippen molar-refractivity contribution < 1.29 is 0 Å². The lowest BCUT2D eigenvalue weighted by Crippen LogP contribution is -2.41. The van der Waals surface area contributed by atoms with Crippen molar-refractivity contribution >= 4 is 11.6 Å². The molecular weight excluding hydrogens is 260 g/mol. The highest BCUT2D eigenvalue weighted by Gasteiger charge is 2.21. The number of guanidine groups is 1. The van der Waals surface area contributed by atoms with E-state index in [9.17, 15) is 0 Å². The van der Waals surface area contributed by atoms with E-state index in [1.54, 1.807) is 0 Å². The summed E-state index contributed by atoms with van der Waals surface area (Å²) in [5, 5.41) is 3.51. The standard InChI is InChI=1S/C17H28N4/c1-4-20(5-2)13-8-12-19-17(18-3)21-14-11-15-9-6-7-10-16(15)21/h6-7,9-10H,4-5,8,11-14H2,1-3H3,(H,18,19). The van der Waals surface area contributed by atoms with Crippen LogP contribution in [0.4, 0.5) is 5.69 Å². The average molecular weight is 288 g/mol. The molecule has 1 aromatic rings. The van der Waals surface area contributed by atoms with E-state index in [0.717, 1.165) is 51.5 Å². The average Bonchev–Trinajstić information content (AvgIpc) is 2.95. The lowest BCUT2D eigenvalue weighted by molar-refractivity contribution is 0.300. The van der Waals surface area contributed by atoms with E-state index in [0.29, 0.717) is 0 Å². The molecule has 1 heterocycles. The molecule has 0 radical (unpaired) electrons. The number of fused-ring (bicyclic) bond motifs is 1. The Kier molecular flexibility index (Phi) is 6.05. The third-order valence-corrected chi connectivity index (χ3v) is 4.18. The van der Waals surface area contributed by atoms with E-state index in [-0.39, 0.29) is 0 Å². The van der Waals surface area contributed by atoms with Gasteiger partial charge in [-0.05, 0) is 44.1 Å². The summed E-state index contributed by atoms with van der Waals surface area (Å²) in [5.41, 5.74) is 2.72. The third kappa shape index (κ3) is 3.97. The SMILES string of the molecule is CCN(CC)CCCNC(=NC)N1CCc2ccccc21. The van der Waals surface area contributed by atoms with Crippen molar-refractivity contribution in [3.8, 4) is 0 Å². The van der Waals surface area contributed by atoms with Gasteiger partial charge in [-0.25, -0.2) is 0 Å². The lowest BCUT2D eigenvalue weighted by Gasteiger charge is -2.23. The van der Waals surface area contributed by atoms with E-state index >= 15 is 0 Å². The largest absolute Gasteiger partial charge is 0.356 e. The maximum absolute atomic E-state index is 4.44. The zero-order chi connectivity index (χ0) is 15.1. The fourth-order valence-electron chi connectivity index (χ4n) is 2.90. The van der Waals surface area contributed by atoms with Crippen LogP contribution in [0.1, 0.15) is 25.8 Å². The smallest absolute Gasteiger partial charge is 0.198 e. The molecule has 0 aliphatic carbocycles. The number of para-hydroxylation sites is 1. The van der Waals surface area contributed by atoms with Crippen molar-refractivity contribution in [1.82, 2.24) is 10.2 Å². The van der Waals surface area contributed by atoms with Gasteiger partial charge in [-0.15, -0.1) is 0 Å². The molecule has 4 heteroatoms. The summed E-state index contributed by atoms with van der Waals surface area (Å²) < 4.78 is 0. The summed E-state index contributed by atoms with van der Waals surface area (Å²) in [5.74, 6) is 1.000. The van der Waals surface area contributed by atoms with Gasteiger partial charge >= 0.3 is 0 Å². The number of anilines is 1. The number of hydrogen-bond donors (Lipinski definition) is 1. The predicted octanol–water partition coefficient (Wildman–Crippen LogP) is 2.36. The topological polar surface area (TPSA) is 30.9 Å². The Hall–Kier alpha value is -1.55. The fourth-order valence-corrected chi connectivity index (χ4v) is 2.90. The van der Waals surface area contributed by atoms with Gasteiger partial charge in [0.25, 0.3) is 0 Å². The minimum absolute atomic E-state index is 0.974. The van der Waals surface area contributed by atoms with Gasteiger partial charge in [0, 0.05) is 25.8 Å². The number of hydrogen-bond acceptors (Lipinski definition) is 2. The maximum Gasteiger partial charge on any atom is 0.198 e. The number of aliphatic imine (C=N–C) groups is 1. The second-order valence-electron chi connectivity index (χ2n) is 5.38. The first-order valence-corrected chi connectivity index (χ1v) is 8.08. The molecule has 0 unspecified atom stereocenters. The minimum Gasteiger partial charge on any atom is -0.356 e. The molecule has 0 spiro atoms. The van der Waals surface area contributed by atoms with E-state index in [1.807, 2.05) is 7.05 Å². The second kappa shape index (κ2) is 8.03. The van der Waals surface area contributed by atoms with Gasteiger partial charge in [0.1, 0.15) is 0 Å². The van der Waals surface area contributed by atoms with Crippen LogP contribution in [-0.2, 0) is 6.42 Å². The molecule has 4 nitrogen and oxygen atoms in total. The molecular formula is C17H28N4. The Labute approximate surface area is 128 Å². The Balaban J connectivity index is 1.85. The molecule has 1 aromatic carbocycles. The van der Waals surface area contributed by atoms with Crippen molar-refractivity contribution in [2.75, 3.05) is 44.7 Å². The Morgan fingerprint density at radius 2 is 2.05 bits per heavy atom. The third-order valence-electron chi connectivity index (χ3n) is 4.18. The summed E-state index contributed by atoms with van der Waals surface area (Å²) in [6.45, 7) is 9.84. The van der Waals surface area contributed by atoms with Gasteiger partial charge in [-0.1, -0.05) is 32.0 Å². The van der Waals surface area contributed by atoms with Gasteiger partial charge in [0.15, 0.2) is 5.96 Å². The molecule has 2 rings (SSSR count). The monoisotopic (exact) mass is 288 g/mol. The van der Waals surface area contributed by atoms with Crippen LogP contribution >= 0.6 is 0 Å². The summed E-state index contributed by atoms with van der Waals surface area (Å²) >= 11 is 0. The number of nitrogens with zero attached hydrogens (tertiary/aromatic N) is 3. The highest BCUT2D eigenvalue weighted by Crippen LogP contribution is 2.27. The molecule has 0 fully saturated rings. The Morgan fingerprint density at radius 3 is 2.76 bits per heavy atom. The first kappa shape index (κ1) is 15.8. The summed E-state index contributed by atoms with van der Waals surface area (Å²) in [4.78, 5) is 9.20. The zero-order valence-electron chi connectivity index (χ0n) is 13.6. The van der Waals surface area contributed by atoms with Crippen molar-refractivity contribution in [2.24, 2.45) is 4.99 Å². The van der Waals surface area contributed by atoms with Crippen LogP contribution in [-0.4, -0.2) is 50.6 Å². The van der Waals surface area contributed by atoms with Gasteiger partial charge in [-0.2, -0.15) is 0 Å². The van der Waals surface area contributed by atoms with Gasteiger partial charge in [0.05, 0.1) is 0 Å². The van der Waals surface area contributed by atoms with Crippen LogP contribution in [0.25, 0.3) is 0 Å². The van der Waals surface area contributed by atoms with E-state index < -0.39 is 0 Å². The summed E-state index contributed by atoms with van der Waals surface area (Å²) in [6, 6.07) is 8.61. The molecule has 1 aliphatic heterocycles. The maximum atomic E-state index is 4.44. The molecule has 0 saturated carbocycles. The molecule has 0 bridgehead atoms. The van der Waals surface area contributed by atoms with Crippen LogP contribution in [0.2, 0.25) is 0 Å². The lowest BCUT2D eigenvalue weighted by atomic mass is 10.2. The first-order valence-electron chi connectivity index (χ1n) is 8.08. The van der Waals surface area contributed by atoms with Gasteiger partial charge in [-0.3, -0.25) is 4.99 Å². The van der Waals surface area contributed by atoms with Gasteiger partial charge < -0.3 is 15.1 Å². The molecule has 0 atom stereocenters. The molecule has 1 N–H and O–H groups in total. The minimum atomic E-state index is 0.974. The number of benzene rings is 1. The Bertz CT molecular complexity index is 466. The summed E-state index contributed by atoms with van der Waals surface area (Å²) in [7, 11) is 1.87. The highest BCUT2D eigenvalue weighted by atomic mass is 15.3. The molecule has 0 aromatic heterocycles. The zero-order valence-corrected chi connectivity index (χ0v) is 13.6. The number of nitrogens with one attached hydrogen (secondary N) is 1. The number of rotatable bonds is 6. The molecule has 0 saturated heterocycles. The quantitative estimate of drug-likeness (QED) is 0.495. The molecule has 21 heavy (non-hydrogen) atoms. The van der Waals surface area contributed by atoms with E-state index in [1.165, 1.54) is 11.3 Å². The normalized spacial score (nSPS) is 14.7. The molecule has 1 aliphatic rings. The van der Waals surface area contributed by atoms with Crippen LogP contribution < -0.4 is 10.2 Å². The first-order chi connectivity index (χ1) is 10.3. The van der Waals surface area contributed by atoms with Crippen molar-refractivity contribution in [1.29, 1.82) is 0 Å². The van der Waals surface area contributed by atoms with Crippen LogP contribution in [0.3, 0.4) is 0 Å².